The van der Waals surface area contributed by atoms with Crippen LogP contribution in [0.2, 0.25) is 0 Å². The minimum atomic E-state index is -0.527. The molecule has 0 radical (unpaired) electrons. The van der Waals surface area contributed by atoms with Crippen LogP contribution in [0.5, 0.6) is 5.75 Å². The van der Waals surface area contributed by atoms with Crippen LogP contribution in [0.15, 0.2) is 90.6 Å². The molecule has 168 valence electrons. The average Bonchev–Trinajstić information content (AvgIpc) is 3.19. The molecular formula is C27H21N3O3S. The van der Waals surface area contributed by atoms with Gasteiger partial charge in [-0.1, -0.05) is 60.7 Å². The number of ether oxygens (including phenoxy) is 1. The minimum Gasteiger partial charge on any atom is -0.495 e. The Balaban J connectivity index is 1.58. The number of nitrogens with zero attached hydrogens (tertiary/aromatic N) is 2. The summed E-state index contributed by atoms with van der Waals surface area (Å²) < 4.78 is 7.52. The smallest absolute Gasteiger partial charge is 0.270 e. The second-order valence-corrected chi connectivity index (χ2v) is 8.23. The zero-order chi connectivity index (χ0) is 23.7. The van der Waals surface area contributed by atoms with Crippen molar-refractivity contribution in [3.05, 3.63) is 102 Å². The fraction of sp³-hybridized carbons (Fsp3) is 0.0741. The molecule has 7 heteroatoms. The molecule has 34 heavy (non-hydrogen) atoms. The van der Waals surface area contributed by atoms with E-state index in [1.54, 1.807) is 30.3 Å². The second-order valence-electron chi connectivity index (χ2n) is 7.84. The number of thiocarbonyl (C=S) groups is 1. The second kappa shape index (κ2) is 8.96. The number of fused-ring (bicyclic) bond motifs is 1. The zero-order valence-electron chi connectivity index (χ0n) is 18.4. The van der Waals surface area contributed by atoms with Crippen LogP contribution in [-0.4, -0.2) is 28.6 Å². The summed E-state index contributed by atoms with van der Waals surface area (Å²) in [6, 6.07) is 25.1. The van der Waals surface area contributed by atoms with Crippen LogP contribution in [0.1, 0.15) is 11.1 Å². The molecule has 2 amide bonds. The third-order valence-corrected chi connectivity index (χ3v) is 6.03. The number of hydrogen-bond donors (Lipinski definition) is 1. The van der Waals surface area contributed by atoms with Crippen molar-refractivity contribution in [2.45, 2.75) is 6.54 Å². The van der Waals surface area contributed by atoms with E-state index < -0.39 is 11.8 Å². The predicted octanol–water partition coefficient (Wildman–Crippen LogP) is 4.53. The van der Waals surface area contributed by atoms with E-state index in [4.69, 9.17) is 17.0 Å². The van der Waals surface area contributed by atoms with Crippen molar-refractivity contribution in [3.63, 3.8) is 0 Å². The van der Waals surface area contributed by atoms with Gasteiger partial charge in [0.2, 0.25) is 0 Å². The summed E-state index contributed by atoms with van der Waals surface area (Å²) in [6.45, 7) is 0.669. The van der Waals surface area contributed by atoms with Gasteiger partial charge in [-0.3, -0.25) is 14.9 Å². The van der Waals surface area contributed by atoms with Crippen LogP contribution >= 0.6 is 12.2 Å². The summed E-state index contributed by atoms with van der Waals surface area (Å²) in [6.07, 6.45) is 3.59. The highest BCUT2D eigenvalue weighted by atomic mass is 32.1. The van der Waals surface area contributed by atoms with Gasteiger partial charge >= 0.3 is 0 Å². The molecule has 1 saturated heterocycles. The first-order valence-electron chi connectivity index (χ1n) is 10.7. The number of rotatable bonds is 5. The molecule has 3 aromatic carbocycles. The molecule has 0 atom stereocenters. The maximum absolute atomic E-state index is 13.5. The van der Waals surface area contributed by atoms with Gasteiger partial charge in [0.05, 0.1) is 12.8 Å². The van der Waals surface area contributed by atoms with Gasteiger partial charge in [0, 0.05) is 29.2 Å². The van der Waals surface area contributed by atoms with E-state index >= 15 is 0 Å². The first-order chi connectivity index (χ1) is 16.6. The van der Waals surface area contributed by atoms with Crippen molar-refractivity contribution in [3.8, 4) is 5.75 Å². The normalized spacial score (nSPS) is 15.1. The number of carbonyl (C=O) groups is 2. The molecule has 5 rings (SSSR count). The standard InChI is InChI=1S/C27H21N3O3S/c1-33-24-14-8-7-13-23(24)30-26(32)21(25(31)28-27(30)34)15-19-17-29(16-18-9-3-2-4-10-18)22-12-6-5-11-20(19)22/h2-15,17H,16H2,1H3,(H,28,31,34)/b21-15-. The zero-order valence-corrected chi connectivity index (χ0v) is 19.2. The van der Waals surface area contributed by atoms with Gasteiger partial charge in [-0.15, -0.1) is 0 Å². The van der Waals surface area contributed by atoms with Gasteiger partial charge in [0.1, 0.15) is 11.3 Å². The number of methoxy groups -OCH3 is 1. The van der Waals surface area contributed by atoms with Crippen molar-refractivity contribution < 1.29 is 14.3 Å². The highest BCUT2D eigenvalue weighted by molar-refractivity contribution is 7.80. The number of benzene rings is 3. The van der Waals surface area contributed by atoms with Crippen molar-refractivity contribution in [2.24, 2.45) is 0 Å². The van der Waals surface area contributed by atoms with E-state index in [2.05, 4.69) is 22.0 Å². The lowest BCUT2D eigenvalue weighted by atomic mass is 10.1. The quantitative estimate of drug-likeness (QED) is 0.266. The number of anilines is 1. The molecule has 0 spiro atoms. The number of para-hydroxylation sites is 3. The number of aromatic nitrogens is 1. The molecule has 1 N–H and O–H groups in total. The van der Waals surface area contributed by atoms with E-state index in [-0.39, 0.29) is 10.7 Å². The Hall–Kier alpha value is -4.23. The van der Waals surface area contributed by atoms with Gasteiger partial charge in [-0.05, 0) is 42.1 Å². The molecule has 2 heterocycles. The minimum absolute atomic E-state index is 0.00196. The lowest BCUT2D eigenvalue weighted by Crippen LogP contribution is -2.54. The fourth-order valence-corrected chi connectivity index (χ4v) is 4.42. The maximum atomic E-state index is 13.5. The Morgan fingerprint density at radius 3 is 2.44 bits per heavy atom. The molecule has 1 aliphatic rings. The van der Waals surface area contributed by atoms with E-state index in [0.29, 0.717) is 18.0 Å². The summed E-state index contributed by atoms with van der Waals surface area (Å²) in [7, 11) is 1.52. The SMILES string of the molecule is COc1ccccc1N1C(=O)/C(=C\c2cn(Cc3ccccc3)c3ccccc23)C(=O)NC1=S. The Labute approximate surface area is 202 Å². The van der Waals surface area contributed by atoms with Crippen LogP contribution in [-0.2, 0) is 16.1 Å². The van der Waals surface area contributed by atoms with Crippen LogP contribution in [0.4, 0.5) is 5.69 Å². The first-order valence-corrected chi connectivity index (χ1v) is 11.1. The van der Waals surface area contributed by atoms with Gasteiger partial charge in [-0.2, -0.15) is 0 Å². The molecule has 0 saturated carbocycles. The third-order valence-electron chi connectivity index (χ3n) is 5.74. The molecular weight excluding hydrogens is 446 g/mol. The Morgan fingerprint density at radius 1 is 0.941 bits per heavy atom. The van der Waals surface area contributed by atoms with E-state index in [0.717, 1.165) is 22.0 Å². The number of carbonyl (C=O) groups excluding carboxylic acids is 2. The molecule has 6 nitrogen and oxygen atoms in total. The van der Waals surface area contributed by atoms with Gasteiger partial charge in [0.25, 0.3) is 11.8 Å². The monoisotopic (exact) mass is 467 g/mol. The molecule has 1 fully saturated rings. The van der Waals surface area contributed by atoms with Crippen LogP contribution in [0, 0.1) is 0 Å². The largest absolute Gasteiger partial charge is 0.495 e. The highest BCUT2D eigenvalue weighted by Gasteiger charge is 2.36. The average molecular weight is 468 g/mol. The van der Waals surface area contributed by atoms with Crippen molar-refractivity contribution in [1.82, 2.24) is 9.88 Å². The Bertz CT molecular complexity index is 1460. The summed E-state index contributed by atoms with van der Waals surface area (Å²) in [4.78, 5) is 27.6. The van der Waals surface area contributed by atoms with Crippen LogP contribution in [0.25, 0.3) is 17.0 Å². The van der Waals surface area contributed by atoms with E-state index in [1.165, 1.54) is 12.0 Å². The number of hydrogen-bond acceptors (Lipinski definition) is 4. The van der Waals surface area contributed by atoms with Crippen molar-refractivity contribution in [2.75, 3.05) is 12.0 Å². The van der Waals surface area contributed by atoms with Crippen molar-refractivity contribution in [1.29, 1.82) is 0 Å². The summed E-state index contributed by atoms with van der Waals surface area (Å²) in [5.74, 6) is -0.549. The molecule has 1 aromatic heterocycles. The third kappa shape index (κ3) is 3.86. The molecule has 4 aromatic rings. The predicted molar refractivity (Wildman–Crippen MR) is 137 cm³/mol. The molecule has 0 bridgehead atoms. The van der Waals surface area contributed by atoms with Crippen LogP contribution in [0.3, 0.4) is 0 Å². The summed E-state index contributed by atoms with van der Waals surface area (Å²) in [5, 5.41) is 3.61. The van der Waals surface area contributed by atoms with E-state index in [1.807, 2.05) is 48.7 Å². The Morgan fingerprint density at radius 2 is 1.65 bits per heavy atom. The lowest BCUT2D eigenvalue weighted by Gasteiger charge is -2.29. The number of amides is 2. The maximum Gasteiger partial charge on any atom is 0.270 e. The van der Waals surface area contributed by atoms with Gasteiger partial charge in [0.15, 0.2) is 5.11 Å². The molecule has 1 aliphatic heterocycles. The van der Waals surface area contributed by atoms with E-state index in [9.17, 15) is 9.59 Å². The van der Waals surface area contributed by atoms with Crippen molar-refractivity contribution >= 4 is 51.8 Å². The van der Waals surface area contributed by atoms with Gasteiger partial charge < -0.3 is 9.30 Å². The number of nitrogens with one attached hydrogen (secondary N) is 1. The molecule has 0 aliphatic carbocycles. The fourth-order valence-electron chi connectivity index (χ4n) is 4.15. The van der Waals surface area contributed by atoms with Crippen LogP contribution < -0.4 is 15.0 Å². The first kappa shape index (κ1) is 21.6. The topological polar surface area (TPSA) is 63.6 Å². The lowest BCUT2D eigenvalue weighted by molar-refractivity contribution is -0.122. The Kier molecular flexibility index (Phi) is 5.69. The summed E-state index contributed by atoms with van der Waals surface area (Å²) in [5.41, 5.74) is 3.41. The highest BCUT2D eigenvalue weighted by Crippen LogP contribution is 2.32. The summed E-state index contributed by atoms with van der Waals surface area (Å²) >= 11 is 5.33. The van der Waals surface area contributed by atoms with Gasteiger partial charge in [-0.25, -0.2) is 4.90 Å². The molecule has 0 unspecified atom stereocenters.